The van der Waals surface area contributed by atoms with E-state index in [1.165, 1.54) is 0 Å². The summed E-state index contributed by atoms with van der Waals surface area (Å²) in [5, 5.41) is 2.98. The number of carbonyl (C=O) groups excluding carboxylic acids is 1. The van der Waals surface area contributed by atoms with Gasteiger partial charge in [-0.05, 0) is 31.5 Å². The van der Waals surface area contributed by atoms with Crippen molar-refractivity contribution in [1.82, 2.24) is 10.3 Å². The summed E-state index contributed by atoms with van der Waals surface area (Å²) < 4.78 is 10.5. The summed E-state index contributed by atoms with van der Waals surface area (Å²) in [7, 11) is 3.18. The highest BCUT2D eigenvalue weighted by atomic mass is 16.5. The van der Waals surface area contributed by atoms with E-state index < -0.39 is 0 Å². The zero-order valence-electron chi connectivity index (χ0n) is 13.9. The van der Waals surface area contributed by atoms with E-state index in [2.05, 4.69) is 10.3 Å². The fourth-order valence-corrected chi connectivity index (χ4v) is 2.28. The highest BCUT2D eigenvalue weighted by Crippen LogP contribution is 2.25. The number of aryl methyl sites for hydroxylation is 1. The maximum Gasteiger partial charge on any atom is 0.225 e. The van der Waals surface area contributed by atoms with Gasteiger partial charge in [-0.1, -0.05) is 12.1 Å². The van der Waals surface area contributed by atoms with Gasteiger partial charge in [0.1, 0.15) is 11.5 Å². The second-order valence-corrected chi connectivity index (χ2v) is 5.38. The molecule has 1 atom stereocenters. The fraction of sp³-hybridized carbons (Fsp3) is 0.333. The van der Waals surface area contributed by atoms with Gasteiger partial charge in [0.25, 0.3) is 0 Å². The molecule has 0 aliphatic rings. The SMILES string of the molecule is COc1ccc(CC(=O)NC(C)c2ccc(C)nc2)c(OC)c1. The predicted molar refractivity (Wildman–Crippen MR) is 88.8 cm³/mol. The lowest BCUT2D eigenvalue weighted by molar-refractivity contribution is -0.121. The molecule has 122 valence electrons. The van der Waals surface area contributed by atoms with Crippen LogP contribution < -0.4 is 14.8 Å². The van der Waals surface area contributed by atoms with Crippen molar-refractivity contribution in [2.24, 2.45) is 0 Å². The Balaban J connectivity index is 2.03. The van der Waals surface area contributed by atoms with E-state index in [1.807, 2.05) is 38.1 Å². The summed E-state index contributed by atoms with van der Waals surface area (Å²) in [6.45, 7) is 3.87. The lowest BCUT2D eigenvalue weighted by Crippen LogP contribution is -2.28. The molecule has 0 saturated carbocycles. The van der Waals surface area contributed by atoms with Gasteiger partial charge >= 0.3 is 0 Å². The molecule has 0 bridgehead atoms. The van der Waals surface area contributed by atoms with Crippen LogP contribution in [0.4, 0.5) is 0 Å². The summed E-state index contributed by atoms with van der Waals surface area (Å²) >= 11 is 0. The van der Waals surface area contributed by atoms with E-state index in [1.54, 1.807) is 26.5 Å². The monoisotopic (exact) mass is 314 g/mol. The Bertz CT molecular complexity index is 668. The van der Waals surface area contributed by atoms with Crippen LogP contribution in [0.25, 0.3) is 0 Å². The molecule has 0 fully saturated rings. The normalized spacial score (nSPS) is 11.7. The van der Waals surface area contributed by atoms with Crippen LogP contribution in [0.3, 0.4) is 0 Å². The smallest absolute Gasteiger partial charge is 0.225 e. The molecule has 1 aromatic carbocycles. The number of nitrogens with one attached hydrogen (secondary N) is 1. The van der Waals surface area contributed by atoms with Gasteiger partial charge < -0.3 is 14.8 Å². The molecule has 2 rings (SSSR count). The minimum atomic E-state index is -0.0974. The van der Waals surface area contributed by atoms with Crippen molar-refractivity contribution in [2.45, 2.75) is 26.3 Å². The third-order valence-corrected chi connectivity index (χ3v) is 3.66. The summed E-state index contributed by atoms with van der Waals surface area (Å²) in [5.74, 6) is 1.27. The third kappa shape index (κ3) is 4.45. The summed E-state index contributed by atoms with van der Waals surface area (Å²) in [5.41, 5.74) is 2.75. The van der Waals surface area contributed by atoms with Crippen LogP contribution in [0.15, 0.2) is 36.5 Å². The molecule has 0 aliphatic heterocycles. The highest BCUT2D eigenvalue weighted by Gasteiger charge is 2.13. The number of aromatic nitrogens is 1. The molecule has 5 nitrogen and oxygen atoms in total. The van der Waals surface area contributed by atoms with Crippen molar-refractivity contribution >= 4 is 5.91 Å². The average Bonchev–Trinajstić information content (AvgIpc) is 2.55. The number of ether oxygens (including phenoxy) is 2. The van der Waals surface area contributed by atoms with Crippen LogP contribution >= 0.6 is 0 Å². The molecule has 1 heterocycles. The number of rotatable bonds is 6. The molecule has 1 amide bonds. The van der Waals surface area contributed by atoms with Gasteiger partial charge in [0.15, 0.2) is 0 Å². The number of nitrogens with zero attached hydrogens (tertiary/aromatic N) is 1. The molecule has 0 spiro atoms. The maximum atomic E-state index is 12.3. The Morgan fingerprint density at radius 2 is 2.00 bits per heavy atom. The van der Waals surface area contributed by atoms with Crippen molar-refractivity contribution in [3.63, 3.8) is 0 Å². The van der Waals surface area contributed by atoms with E-state index in [4.69, 9.17) is 9.47 Å². The van der Waals surface area contributed by atoms with E-state index in [0.29, 0.717) is 11.5 Å². The van der Waals surface area contributed by atoms with Crippen molar-refractivity contribution in [3.05, 3.63) is 53.3 Å². The number of amides is 1. The first-order valence-corrected chi connectivity index (χ1v) is 7.46. The molecule has 1 aromatic heterocycles. The first-order valence-electron chi connectivity index (χ1n) is 7.46. The third-order valence-electron chi connectivity index (χ3n) is 3.66. The lowest BCUT2D eigenvalue weighted by atomic mass is 10.1. The largest absolute Gasteiger partial charge is 0.497 e. The molecule has 1 N–H and O–H groups in total. The lowest BCUT2D eigenvalue weighted by Gasteiger charge is -2.15. The first-order chi connectivity index (χ1) is 11.0. The van der Waals surface area contributed by atoms with Gasteiger partial charge in [0, 0.05) is 23.5 Å². The van der Waals surface area contributed by atoms with Crippen LogP contribution in [0, 0.1) is 6.92 Å². The number of benzene rings is 1. The summed E-state index contributed by atoms with van der Waals surface area (Å²) in [4.78, 5) is 16.5. The van der Waals surface area contributed by atoms with Gasteiger partial charge in [-0.2, -0.15) is 0 Å². The van der Waals surface area contributed by atoms with E-state index in [-0.39, 0.29) is 18.4 Å². The molecule has 0 radical (unpaired) electrons. The Morgan fingerprint density at radius 3 is 2.61 bits per heavy atom. The average molecular weight is 314 g/mol. The van der Waals surface area contributed by atoms with Crippen LogP contribution in [-0.2, 0) is 11.2 Å². The van der Waals surface area contributed by atoms with Crippen LogP contribution in [0.2, 0.25) is 0 Å². The van der Waals surface area contributed by atoms with Crippen molar-refractivity contribution in [1.29, 1.82) is 0 Å². The number of carbonyl (C=O) groups is 1. The Kier molecular flexibility index (Phi) is 5.57. The molecule has 0 aliphatic carbocycles. The Labute approximate surface area is 136 Å². The van der Waals surface area contributed by atoms with Gasteiger partial charge in [-0.15, -0.1) is 0 Å². The first kappa shape index (κ1) is 16.8. The Hall–Kier alpha value is -2.56. The quantitative estimate of drug-likeness (QED) is 0.890. The molecule has 23 heavy (non-hydrogen) atoms. The van der Waals surface area contributed by atoms with Gasteiger partial charge in [0.2, 0.25) is 5.91 Å². The van der Waals surface area contributed by atoms with E-state index in [9.17, 15) is 4.79 Å². The summed E-state index contributed by atoms with van der Waals surface area (Å²) in [6, 6.07) is 9.25. The number of hydrogen-bond donors (Lipinski definition) is 1. The minimum Gasteiger partial charge on any atom is -0.497 e. The van der Waals surface area contributed by atoms with E-state index in [0.717, 1.165) is 16.8 Å². The van der Waals surface area contributed by atoms with Crippen LogP contribution in [-0.4, -0.2) is 25.1 Å². The highest BCUT2D eigenvalue weighted by molar-refractivity contribution is 5.79. The Morgan fingerprint density at radius 1 is 1.22 bits per heavy atom. The summed E-state index contributed by atoms with van der Waals surface area (Å²) in [6.07, 6.45) is 2.03. The maximum absolute atomic E-state index is 12.3. The standard InChI is InChI=1S/C18H22N2O3/c1-12-5-6-15(11-19-12)13(2)20-18(21)9-14-7-8-16(22-3)10-17(14)23-4/h5-8,10-11,13H,9H2,1-4H3,(H,20,21). The molecular weight excluding hydrogens is 292 g/mol. The van der Waals surface area contributed by atoms with Crippen LogP contribution in [0.5, 0.6) is 11.5 Å². The van der Waals surface area contributed by atoms with Crippen molar-refractivity contribution in [2.75, 3.05) is 14.2 Å². The minimum absolute atomic E-state index is 0.0680. The molecule has 2 aromatic rings. The topological polar surface area (TPSA) is 60.5 Å². The van der Waals surface area contributed by atoms with Crippen molar-refractivity contribution in [3.8, 4) is 11.5 Å². The van der Waals surface area contributed by atoms with Crippen molar-refractivity contribution < 1.29 is 14.3 Å². The van der Waals surface area contributed by atoms with Gasteiger partial charge in [-0.3, -0.25) is 9.78 Å². The second-order valence-electron chi connectivity index (χ2n) is 5.38. The predicted octanol–water partition coefficient (Wildman–Crippen LogP) is 2.83. The number of methoxy groups -OCH3 is 2. The van der Waals surface area contributed by atoms with Gasteiger partial charge in [0.05, 0.1) is 26.7 Å². The molecular formula is C18H22N2O3. The zero-order valence-corrected chi connectivity index (χ0v) is 13.9. The molecule has 0 saturated heterocycles. The number of pyridine rings is 1. The second kappa shape index (κ2) is 7.63. The van der Waals surface area contributed by atoms with E-state index >= 15 is 0 Å². The fourth-order valence-electron chi connectivity index (χ4n) is 2.28. The molecule has 1 unspecified atom stereocenters. The van der Waals surface area contributed by atoms with Gasteiger partial charge in [-0.25, -0.2) is 0 Å². The number of hydrogen-bond acceptors (Lipinski definition) is 4. The molecule has 5 heteroatoms. The van der Waals surface area contributed by atoms with Crippen LogP contribution in [0.1, 0.15) is 29.8 Å². The zero-order chi connectivity index (χ0) is 16.8.